The van der Waals surface area contributed by atoms with Gasteiger partial charge >= 0.3 is 0 Å². The highest BCUT2D eigenvalue weighted by molar-refractivity contribution is 6.42. The zero-order valence-corrected chi connectivity index (χ0v) is 19.4. The lowest BCUT2D eigenvalue weighted by molar-refractivity contribution is -0.132. The fraction of sp³-hybridized carbons (Fsp3) is 0.417. The Morgan fingerprint density at radius 1 is 0.906 bits per heavy atom. The van der Waals surface area contributed by atoms with Crippen LogP contribution in [0.25, 0.3) is 0 Å². The first-order chi connectivity index (χ1) is 15.5. The van der Waals surface area contributed by atoms with Crippen LogP contribution in [0.4, 0.5) is 0 Å². The van der Waals surface area contributed by atoms with E-state index in [4.69, 9.17) is 27.9 Å². The van der Waals surface area contributed by atoms with E-state index in [-0.39, 0.29) is 17.9 Å². The van der Waals surface area contributed by atoms with Gasteiger partial charge in [-0.05, 0) is 23.8 Å². The fourth-order valence-corrected chi connectivity index (χ4v) is 4.47. The number of rotatable bonds is 5. The van der Waals surface area contributed by atoms with Crippen molar-refractivity contribution in [2.45, 2.75) is 12.5 Å². The third-order valence-corrected chi connectivity index (χ3v) is 6.72. The van der Waals surface area contributed by atoms with Gasteiger partial charge in [0, 0.05) is 51.4 Å². The summed E-state index contributed by atoms with van der Waals surface area (Å²) >= 11 is 12.0. The molecule has 2 aliphatic rings. The van der Waals surface area contributed by atoms with E-state index >= 15 is 0 Å². The summed E-state index contributed by atoms with van der Waals surface area (Å²) in [4.78, 5) is 31.5. The first-order valence-electron chi connectivity index (χ1n) is 10.9. The minimum absolute atomic E-state index is 0.0537. The maximum absolute atomic E-state index is 12.9. The number of carbonyl (C=O) groups is 2. The molecule has 0 spiro atoms. The lowest BCUT2D eigenvalue weighted by atomic mass is 10.1. The fourth-order valence-electron chi connectivity index (χ4n) is 4.18. The molecule has 2 aromatic rings. The average Bonchev–Trinajstić information content (AvgIpc) is 2.81. The Kier molecular flexibility index (Phi) is 7.68. The number of halogens is 2. The van der Waals surface area contributed by atoms with E-state index in [0.29, 0.717) is 54.8 Å². The average molecular weight is 476 g/mol. The SMILES string of the molecule is O=C(Cc1ccccc1)N1CCN(CC2CN(C(=O)c3ccc(Cl)c(Cl)c3)CCO2)CC1. The molecule has 0 saturated carbocycles. The van der Waals surface area contributed by atoms with Gasteiger partial charge in [0.05, 0.1) is 29.2 Å². The first kappa shape index (κ1) is 23.1. The molecule has 4 rings (SSSR count). The summed E-state index contributed by atoms with van der Waals surface area (Å²) in [6.45, 7) is 5.37. The molecule has 0 radical (unpaired) electrons. The topological polar surface area (TPSA) is 53.1 Å². The van der Waals surface area contributed by atoms with E-state index < -0.39 is 0 Å². The molecule has 2 fully saturated rings. The molecular weight excluding hydrogens is 449 g/mol. The summed E-state index contributed by atoms with van der Waals surface area (Å²) in [5.41, 5.74) is 1.58. The van der Waals surface area contributed by atoms with Crippen LogP contribution in [0.5, 0.6) is 0 Å². The van der Waals surface area contributed by atoms with Crippen LogP contribution in [0.2, 0.25) is 10.0 Å². The third kappa shape index (κ3) is 5.81. The molecule has 2 heterocycles. The predicted molar refractivity (Wildman–Crippen MR) is 125 cm³/mol. The molecule has 0 N–H and O–H groups in total. The van der Waals surface area contributed by atoms with Crippen molar-refractivity contribution in [2.75, 3.05) is 52.4 Å². The van der Waals surface area contributed by atoms with Crippen molar-refractivity contribution in [1.29, 1.82) is 0 Å². The smallest absolute Gasteiger partial charge is 0.254 e. The zero-order valence-electron chi connectivity index (χ0n) is 17.9. The van der Waals surface area contributed by atoms with Crippen LogP contribution in [0.15, 0.2) is 48.5 Å². The van der Waals surface area contributed by atoms with Gasteiger partial charge in [-0.3, -0.25) is 14.5 Å². The minimum atomic E-state index is -0.0619. The predicted octanol–water partition coefficient (Wildman–Crippen LogP) is 3.22. The summed E-state index contributed by atoms with van der Waals surface area (Å²) in [5, 5.41) is 0.812. The number of piperazine rings is 1. The number of nitrogens with zero attached hydrogens (tertiary/aromatic N) is 3. The van der Waals surface area contributed by atoms with Crippen LogP contribution in [-0.4, -0.2) is 85.0 Å². The summed E-state index contributed by atoms with van der Waals surface area (Å²) < 4.78 is 5.93. The Balaban J connectivity index is 1.25. The highest BCUT2D eigenvalue weighted by Crippen LogP contribution is 2.24. The molecule has 0 aliphatic carbocycles. The molecule has 6 nitrogen and oxygen atoms in total. The summed E-state index contributed by atoms with van der Waals surface area (Å²) in [6.07, 6.45) is 0.389. The summed E-state index contributed by atoms with van der Waals surface area (Å²) in [5.74, 6) is 0.108. The molecular formula is C24H27Cl2N3O3. The van der Waals surface area contributed by atoms with Crippen LogP contribution < -0.4 is 0 Å². The lowest BCUT2D eigenvalue weighted by Crippen LogP contribution is -2.54. The number of morpholine rings is 1. The molecule has 0 bridgehead atoms. The second-order valence-corrected chi connectivity index (χ2v) is 9.03. The normalized spacial score (nSPS) is 19.8. The Hall–Kier alpha value is -2.12. The first-order valence-corrected chi connectivity index (χ1v) is 11.6. The van der Waals surface area contributed by atoms with Gasteiger partial charge in [-0.15, -0.1) is 0 Å². The van der Waals surface area contributed by atoms with Crippen LogP contribution in [-0.2, 0) is 16.0 Å². The van der Waals surface area contributed by atoms with Crippen LogP contribution in [0.3, 0.4) is 0 Å². The van der Waals surface area contributed by atoms with Crippen LogP contribution in [0, 0.1) is 0 Å². The number of benzene rings is 2. The molecule has 2 aliphatic heterocycles. The second kappa shape index (κ2) is 10.7. The maximum atomic E-state index is 12.9. The maximum Gasteiger partial charge on any atom is 0.254 e. The van der Waals surface area contributed by atoms with Crippen molar-refractivity contribution in [3.05, 3.63) is 69.7 Å². The Morgan fingerprint density at radius 3 is 2.38 bits per heavy atom. The molecule has 8 heteroatoms. The number of ether oxygens (including phenoxy) is 1. The van der Waals surface area contributed by atoms with Crippen molar-refractivity contribution in [2.24, 2.45) is 0 Å². The van der Waals surface area contributed by atoms with E-state index in [2.05, 4.69) is 4.90 Å². The number of carbonyl (C=O) groups excluding carboxylic acids is 2. The molecule has 1 unspecified atom stereocenters. The van der Waals surface area contributed by atoms with Crippen molar-refractivity contribution in [3.8, 4) is 0 Å². The summed E-state index contributed by atoms with van der Waals surface area (Å²) in [7, 11) is 0. The largest absolute Gasteiger partial charge is 0.373 e. The molecule has 170 valence electrons. The van der Waals surface area contributed by atoms with Gasteiger partial charge in [-0.1, -0.05) is 53.5 Å². The van der Waals surface area contributed by atoms with Gasteiger partial charge in [0.15, 0.2) is 0 Å². The van der Waals surface area contributed by atoms with Gasteiger partial charge in [0.1, 0.15) is 0 Å². The highest BCUT2D eigenvalue weighted by Gasteiger charge is 2.29. The van der Waals surface area contributed by atoms with Crippen molar-refractivity contribution in [1.82, 2.24) is 14.7 Å². The van der Waals surface area contributed by atoms with E-state index in [0.717, 1.165) is 25.2 Å². The molecule has 2 aromatic carbocycles. The van der Waals surface area contributed by atoms with Gasteiger partial charge in [0.2, 0.25) is 5.91 Å². The molecule has 0 aromatic heterocycles. The monoisotopic (exact) mass is 475 g/mol. The van der Waals surface area contributed by atoms with Gasteiger partial charge in [-0.25, -0.2) is 0 Å². The number of hydrogen-bond acceptors (Lipinski definition) is 4. The highest BCUT2D eigenvalue weighted by atomic mass is 35.5. The van der Waals surface area contributed by atoms with Crippen LogP contribution in [0.1, 0.15) is 15.9 Å². The van der Waals surface area contributed by atoms with E-state index in [1.807, 2.05) is 40.1 Å². The molecule has 32 heavy (non-hydrogen) atoms. The zero-order chi connectivity index (χ0) is 22.5. The van der Waals surface area contributed by atoms with Crippen molar-refractivity contribution in [3.63, 3.8) is 0 Å². The second-order valence-electron chi connectivity index (χ2n) is 8.22. The third-order valence-electron chi connectivity index (χ3n) is 5.98. The van der Waals surface area contributed by atoms with Crippen molar-refractivity contribution >= 4 is 35.0 Å². The van der Waals surface area contributed by atoms with E-state index in [1.165, 1.54) is 0 Å². The number of amides is 2. The lowest BCUT2D eigenvalue weighted by Gasteiger charge is -2.39. The minimum Gasteiger partial charge on any atom is -0.373 e. The van der Waals surface area contributed by atoms with Crippen molar-refractivity contribution < 1.29 is 14.3 Å². The van der Waals surface area contributed by atoms with Crippen LogP contribution >= 0.6 is 23.2 Å². The quantitative estimate of drug-likeness (QED) is 0.665. The Bertz CT molecular complexity index is 949. The standard InChI is InChI=1S/C24H27Cl2N3O3/c25-21-7-6-19(15-22(21)26)24(31)29-12-13-32-20(17-29)16-27-8-10-28(11-9-27)23(30)14-18-4-2-1-3-5-18/h1-7,15,20H,8-14,16-17H2. The molecule has 1 atom stereocenters. The molecule has 2 amide bonds. The van der Waals surface area contributed by atoms with Gasteiger partial charge in [0.25, 0.3) is 5.91 Å². The Labute approximate surface area is 198 Å². The van der Waals surface area contributed by atoms with E-state index in [9.17, 15) is 9.59 Å². The summed E-state index contributed by atoms with van der Waals surface area (Å²) in [6, 6.07) is 14.8. The van der Waals surface area contributed by atoms with E-state index in [1.54, 1.807) is 18.2 Å². The molecule has 2 saturated heterocycles. The van der Waals surface area contributed by atoms with Gasteiger partial charge < -0.3 is 14.5 Å². The Morgan fingerprint density at radius 2 is 1.66 bits per heavy atom. The number of hydrogen-bond donors (Lipinski definition) is 0. The van der Waals surface area contributed by atoms with Gasteiger partial charge in [-0.2, -0.15) is 0 Å².